The van der Waals surface area contributed by atoms with E-state index in [9.17, 15) is 22.8 Å². The maximum absolute atomic E-state index is 13.9. The van der Waals surface area contributed by atoms with Gasteiger partial charge in [0, 0.05) is 5.69 Å². The van der Waals surface area contributed by atoms with Crippen molar-refractivity contribution in [3.05, 3.63) is 96.1 Å². The van der Waals surface area contributed by atoms with E-state index in [2.05, 4.69) is 10.3 Å². The van der Waals surface area contributed by atoms with E-state index in [1.54, 1.807) is 42.5 Å². The zero-order valence-electron chi connectivity index (χ0n) is 21.9. The molecule has 5 aromatic rings. The Kier molecular flexibility index (Phi) is 7.77. The highest BCUT2D eigenvalue weighted by Gasteiger charge is 2.25. The number of imidazole rings is 1. The number of nitrogens with one attached hydrogen (secondary N) is 1. The Bertz CT molecular complexity index is 1900. The van der Waals surface area contributed by atoms with E-state index in [-0.39, 0.29) is 32.6 Å². The van der Waals surface area contributed by atoms with Gasteiger partial charge in [0.15, 0.2) is 5.16 Å². The van der Waals surface area contributed by atoms with Crippen molar-refractivity contribution in [2.45, 2.75) is 10.1 Å². The lowest BCUT2D eigenvalue weighted by molar-refractivity contribution is -0.113. The number of benzene rings is 4. The molecule has 12 heteroatoms. The molecule has 0 bridgehead atoms. The van der Waals surface area contributed by atoms with Crippen LogP contribution in [0, 0.1) is 0 Å². The van der Waals surface area contributed by atoms with Gasteiger partial charge in [-0.05, 0) is 53.2 Å². The van der Waals surface area contributed by atoms with Gasteiger partial charge in [0.25, 0.3) is 10.0 Å². The van der Waals surface area contributed by atoms with Gasteiger partial charge in [0.2, 0.25) is 5.91 Å². The lowest BCUT2D eigenvalue weighted by Gasteiger charge is -2.12. The lowest BCUT2D eigenvalue weighted by Crippen LogP contribution is -2.18. The maximum atomic E-state index is 13.9. The monoisotopic (exact) mass is 589 g/mol. The number of esters is 2. The van der Waals surface area contributed by atoms with Crippen molar-refractivity contribution in [1.29, 1.82) is 0 Å². The van der Waals surface area contributed by atoms with Crippen LogP contribution in [0.5, 0.6) is 0 Å². The summed E-state index contributed by atoms with van der Waals surface area (Å²) in [5.41, 5.74) is 1.07. The maximum Gasteiger partial charge on any atom is 0.337 e. The SMILES string of the molecule is COC(=O)c1cc(NC(=O)CSc2nc3ccccc3n2S(=O)(=O)c2ccc3ccccc3c2)cc(C(=O)OC)c1. The number of anilines is 1. The molecular weight excluding hydrogens is 566 g/mol. The number of hydrogen-bond donors (Lipinski definition) is 1. The first-order valence-corrected chi connectivity index (χ1v) is 14.6. The predicted molar refractivity (Wildman–Crippen MR) is 155 cm³/mol. The van der Waals surface area contributed by atoms with Crippen molar-refractivity contribution >= 4 is 67.1 Å². The van der Waals surface area contributed by atoms with E-state index in [1.807, 2.05) is 24.3 Å². The van der Waals surface area contributed by atoms with E-state index >= 15 is 0 Å². The quantitative estimate of drug-likeness (QED) is 0.201. The molecule has 5 rings (SSSR count). The molecule has 0 saturated heterocycles. The van der Waals surface area contributed by atoms with Gasteiger partial charge < -0.3 is 14.8 Å². The van der Waals surface area contributed by atoms with Crippen molar-refractivity contribution in [3.63, 3.8) is 0 Å². The largest absolute Gasteiger partial charge is 0.465 e. The molecule has 1 aromatic heterocycles. The molecule has 41 heavy (non-hydrogen) atoms. The van der Waals surface area contributed by atoms with E-state index < -0.39 is 27.9 Å². The number of thioether (sulfide) groups is 1. The molecule has 0 radical (unpaired) electrons. The fourth-order valence-electron chi connectivity index (χ4n) is 4.24. The summed E-state index contributed by atoms with van der Waals surface area (Å²) in [4.78, 5) is 41.6. The van der Waals surface area contributed by atoms with Crippen molar-refractivity contribution in [1.82, 2.24) is 8.96 Å². The van der Waals surface area contributed by atoms with Crippen molar-refractivity contribution in [3.8, 4) is 0 Å². The number of nitrogens with zero attached hydrogens (tertiary/aromatic N) is 2. The molecule has 1 amide bonds. The zero-order chi connectivity index (χ0) is 29.1. The molecule has 0 spiro atoms. The van der Waals surface area contributed by atoms with Gasteiger partial charge >= 0.3 is 11.9 Å². The van der Waals surface area contributed by atoms with E-state index in [4.69, 9.17) is 9.47 Å². The highest BCUT2D eigenvalue weighted by atomic mass is 32.2. The van der Waals surface area contributed by atoms with Crippen molar-refractivity contribution in [2.24, 2.45) is 0 Å². The first kappa shape index (κ1) is 27.9. The average Bonchev–Trinajstić information content (AvgIpc) is 3.38. The zero-order valence-corrected chi connectivity index (χ0v) is 23.5. The minimum absolute atomic E-state index is 0.0432. The average molecular weight is 590 g/mol. The van der Waals surface area contributed by atoms with Gasteiger partial charge in [0.05, 0.1) is 47.0 Å². The van der Waals surface area contributed by atoms with E-state index in [0.29, 0.717) is 11.0 Å². The highest BCUT2D eigenvalue weighted by molar-refractivity contribution is 8.00. The molecular formula is C29H23N3O7S2. The van der Waals surface area contributed by atoms with Gasteiger partial charge in [-0.2, -0.15) is 0 Å². The summed E-state index contributed by atoms with van der Waals surface area (Å²) in [6.07, 6.45) is 0. The number of para-hydroxylation sites is 2. The highest BCUT2D eigenvalue weighted by Crippen LogP contribution is 2.30. The number of carbonyl (C=O) groups is 3. The van der Waals surface area contributed by atoms with E-state index in [1.165, 1.54) is 32.4 Å². The minimum Gasteiger partial charge on any atom is -0.465 e. The molecule has 10 nitrogen and oxygen atoms in total. The molecule has 1 heterocycles. The van der Waals surface area contributed by atoms with Gasteiger partial charge in [-0.3, -0.25) is 4.79 Å². The number of fused-ring (bicyclic) bond motifs is 2. The number of hydrogen-bond acceptors (Lipinski definition) is 9. The normalized spacial score (nSPS) is 11.4. The fraction of sp³-hybridized carbons (Fsp3) is 0.103. The van der Waals surface area contributed by atoms with E-state index in [0.717, 1.165) is 26.5 Å². The molecule has 0 fully saturated rings. The molecule has 1 N–H and O–H groups in total. The summed E-state index contributed by atoms with van der Waals surface area (Å²) in [6.45, 7) is 0. The van der Waals surface area contributed by atoms with Crippen LogP contribution in [0.4, 0.5) is 5.69 Å². The van der Waals surface area contributed by atoms with Crippen LogP contribution in [0.25, 0.3) is 21.8 Å². The Morgan fingerprint density at radius 1 is 0.829 bits per heavy atom. The van der Waals surface area contributed by atoms with Gasteiger partial charge in [-0.25, -0.2) is 27.0 Å². The number of ether oxygens (including phenoxy) is 2. The summed E-state index contributed by atoms with van der Waals surface area (Å²) in [5, 5.41) is 4.41. The fourth-order valence-corrected chi connectivity index (χ4v) is 6.79. The first-order valence-electron chi connectivity index (χ1n) is 12.2. The number of aromatic nitrogens is 2. The van der Waals surface area contributed by atoms with Gasteiger partial charge in [-0.15, -0.1) is 0 Å². The predicted octanol–water partition coefficient (Wildman–Crippen LogP) is 4.73. The third kappa shape index (κ3) is 5.65. The van der Waals surface area contributed by atoms with Crippen LogP contribution in [-0.4, -0.2) is 55.2 Å². The topological polar surface area (TPSA) is 134 Å². The molecule has 0 saturated carbocycles. The summed E-state index contributed by atoms with van der Waals surface area (Å²) < 4.78 is 38.4. The second-order valence-corrected chi connectivity index (χ2v) is 11.5. The third-order valence-corrected chi connectivity index (χ3v) is 8.89. The molecule has 0 aliphatic carbocycles. The van der Waals surface area contributed by atoms with Crippen LogP contribution in [0.2, 0.25) is 0 Å². The standard InChI is InChI=1S/C29H23N3O7S2/c1-38-27(34)20-13-21(28(35)39-2)15-22(14-20)30-26(33)17-40-29-31-24-9-5-6-10-25(24)32(29)41(36,37)23-12-11-18-7-3-4-8-19(18)16-23/h3-16H,17H2,1-2H3,(H,30,33). The van der Waals surface area contributed by atoms with Crippen LogP contribution in [0.1, 0.15) is 20.7 Å². The lowest BCUT2D eigenvalue weighted by atomic mass is 10.1. The second-order valence-electron chi connectivity index (χ2n) is 8.78. The van der Waals surface area contributed by atoms with Crippen LogP contribution < -0.4 is 5.32 Å². The Morgan fingerprint density at radius 2 is 1.46 bits per heavy atom. The first-order chi connectivity index (χ1) is 19.7. The number of methoxy groups -OCH3 is 2. The number of carbonyl (C=O) groups excluding carboxylic acids is 3. The molecule has 0 aliphatic rings. The molecule has 208 valence electrons. The Labute approximate surface area is 239 Å². The van der Waals surface area contributed by atoms with Crippen molar-refractivity contribution < 1.29 is 32.3 Å². The van der Waals surface area contributed by atoms with Crippen LogP contribution >= 0.6 is 11.8 Å². The van der Waals surface area contributed by atoms with Crippen LogP contribution in [0.15, 0.2) is 95.0 Å². The molecule has 0 atom stereocenters. The number of amides is 1. The second kappa shape index (κ2) is 11.4. The molecule has 0 aliphatic heterocycles. The Hall–Kier alpha value is -4.68. The third-order valence-electron chi connectivity index (χ3n) is 6.14. The van der Waals surface area contributed by atoms with Gasteiger partial charge in [0.1, 0.15) is 0 Å². The Morgan fingerprint density at radius 3 is 2.15 bits per heavy atom. The summed E-state index contributed by atoms with van der Waals surface area (Å²) in [5.74, 6) is -2.14. The minimum atomic E-state index is -4.09. The summed E-state index contributed by atoms with van der Waals surface area (Å²) in [7, 11) is -1.70. The smallest absolute Gasteiger partial charge is 0.337 e. The molecule has 0 unspecified atom stereocenters. The van der Waals surface area contributed by atoms with Crippen LogP contribution in [0.3, 0.4) is 0 Å². The number of rotatable bonds is 8. The van der Waals surface area contributed by atoms with Crippen molar-refractivity contribution in [2.75, 3.05) is 25.3 Å². The van der Waals surface area contributed by atoms with Gasteiger partial charge in [-0.1, -0.05) is 54.2 Å². The summed E-state index contributed by atoms with van der Waals surface area (Å²) >= 11 is 0.933. The Balaban J connectivity index is 1.45. The summed E-state index contributed by atoms with van der Waals surface area (Å²) in [6, 6.07) is 23.2. The molecule has 4 aromatic carbocycles. The van der Waals surface area contributed by atoms with Crippen LogP contribution in [-0.2, 0) is 24.3 Å².